The molecule has 0 aliphatic rings. The van der Waals surface area contributed by atoms with Gasteiger partial charge in [-0.05, 0) is 18.9 Å². The molecule has 0 spiro atoms. The fraction of sp³-hybridized carbons (Fsp3) is 0.471. The lowest BCUT2D eigenvalue weighted by atomic mass is 10.1. The summed E-state index contributed by atoms with van der Waals surface area (Å²) in [6, 6.07) is 8.03. The van der Waals surface area contributed by atoms with E-state index in [4.69, 9.17) is 0 Å². The van der Waals surface area contributed by atoms with Crippen LogP contribution >= 0.6 is 0 Å². The van der Waals surface area contributed by atoms with Gasteiger partial charge in [0.05, 0.1) is 8.80 Å². The molecule has 0 aliphatic carbocycles. The Morgan fingerprint density at radius 1 is 1.16 bits per heavy atom. The summed E-state index contributed by atoms with van der Waals surface area (Å²) >= 11 is 0. The number of allylic oxidation sites excluding steroid dienone is 2. The van der Waals surface area contributed by atoms with Crippen LogP contribution in [0, 0.1) is 0 Å². The van der Waals surface area contributed by atoms with Crippen molar-refractivity contribution in [1.29, 1.82) is 0 Å². The van der Waals surface area contributed by atoms with Crippen LogP contribution in [0.25, 0.3) is 0 Å². The molecule has 19 heavy (non-hydrogen) atoms. The Balaban J connectivity index is 2.56. The highest BCUT2D eigenvalue weighted by Crippen LogP contribution is 2.05. The third-order valence-electron chi connectivity index (χ3n) is 3.22. The Kier molecular flexibility index (Phi) is 7.42. The van der Waals surface area contributed by atoms with E-state index in [1.807, 2.05) is 24.3 Å². The predicted octanol–water partition coefficient (Wildman–Crippen LogP) is 4.36. The van der Waals surface area contributed by atoms with Gasteiger partial charge in [-0.3, -0.25) is 4.79 Å². The predicted molar refractivity (Wildman–Crippen MR) is 85.8 cm³/mol. The van der Waals surface area contributed by atoms with Crippen molar-refractivity contribution in [2.75, 3.05) is 0 Å². The minimum Gasteiger partial charge on any atom is -0.289 e. The minimum atomic E-state index is -0.583. The van der Waals surface area contributed by atoms with Crippen LogP contribution < -0.4 is 5.19 Å². The SMILES string of the molecule is CCCCCCC=CC(=O)c1ccccc1[Si](C)C. The summed E-state index contributed by atoms with van der Waals surface area (Å²) in [5.41, 5.74) is 0.895. The van der Waals surface area contributed by atoms with E-state index < -0.39 is 8.80 Å². The van der Waals surface area contributed by atoms with Crippen molar-refractivity contribution in [3.63, 3.8) is 0 Å². The van der Waals surface area contributed by atoms with Gasteiger partial charge in [0, 0.05) is 5.56 Å². The summed E-state index contributed by atoms with van der Waals surface area (Å²) in [6.07, 6.45) is 9.82. The summed E-state index contributed by atoms with van der Waals surface area (Å²) < 4.78 is 0. The molecule has 103 valence electrons. The number of ketones is 1. The van der Waals surface area contributed by atoms with Gasteiger partial charge in [0.25, 0.3) is 0 Å². The number of carbonyl (C=O) groups is 1. The lowest BCUT2D eigenvalue weighted by Gasteiger charge is -2.08. The highest BCUT2D eigenvalue weighted by Gasteiger charge is 2.11. The van der Waals surface area contributed by atoms with Gasteiger partial charge < -0.3 is 0 Å². The smallest absolute Gasteiger partial charge is 0.185 e. The van der Waals surface area contributed by atoms with Crippen molar-refractivity contribution >= 4 is 19.8 Å². The summed E-state index contributed by atoms with van der Waals surface area (Å²) in [5, 5.41) is 1.24. The number of carbonyl (C=O) groups excluding carboxylic acids is 1. The molecule has 0 aliphatic heterocycles. The van der Waals surface area contributed by atoms with Gasteiger partial charge in [-0.2, -0.15) is 0 Å². The first kappa shape index (κ1) is 15.9. The molecule has 0 fully saturated rings. The van der Waals surface area contributed by atoms with E-state index in [0.29, 0.717) is 0 Å². The minimum absolute atomic E-state index is 0.164. The van der Waals surface area contributed by atoms with Crippen LogP contribution in [0.1, 0.15) is 49.4 Å². The maximum atomic E-state index is 12.2. The zero-order valence-corrected chi connectivity index (χ0v) is 13.4. The van der Waals surface area contributed by atoms with E-state index in [0.717, 1.165) is 12.0 Å². The summed E-state index contributed by atoms with van der Waals surface area (Å²) in [4.78, 5) is 12.2. The van der Waals surface area contributed by atoms with Crippen LogP contribution in [0.2, 0.25) is 13.1 Å². The van der Waals surface area contributed by atoms with E-state index in [-0.39, 0.29) is 5.78 Å². The van der Waals surface area contributed by atoms with E-state index in [9.17, 15) is 4.79 Å². The fourth-order valence-electron chi connectivity index (χ4n) is 2.10. The van der Waals surface area contributed by atoms with Crippen LogP contribution in [0.5, 0.6) is 0 Å². The van der Waals surface area contributed by atoms with Crippen molar-refractivity contribution in [2.45, 2.75) is 52.1 Å². The summed E-state index contributed by atoms with van der Waals surface area (Å²) in [7, 11) is -0.583. The van der Waals surface area contributed by atoms with Crippen LogP contribution in [0.3, 0.4) is 0 Å². The zero-order chi connectivity index (χ0) is 14.1. The lowest BCUT2D eigenvalue weighted by molar-refractivity contribution is 0.104. The molecule has 1 rings (SSSR count). The van der Waals surface area contributed by atoms with E-state index in [1.165, 1.54) is 30.9 Å². The van der Waals surface area contributed by atoms with Crippen molar-refractivity contribution in [3.8, 4) is 0 Å². The molecule has 1 aromatic rings. The van der Waals surface area contributed by atoms with Crippen molar-refractivity contribution in [3.05, 3.63) is 42.0 Å². The van der Waals surface area contributed by atoms with E-state index in [2.05, 4.69) is 26.1 Å². The molecule has 0 bridgehead atoms. The monoisotopic (exact) mass is 273 g/mol. The Bertz CT molecular complexity index is 421. The lowest BCUT2D eigenvalue weighted by Crippen LogP contribution is -2.28. The van der Waals surface area contributed by atoms with Crippen LogP contribution in [0.4, 0.5) is 0 Å². The standard InChI is InChI=1S/C17H25OSi/c1-4-5-6-7-8-9-13-16(18)15-12-10-11-14-17(15)19(2)3/h9-14H,4-8H2,1-3H3. The van der Waals surface area contributed by atoms with Gasteiger partial charge in [0.1, 0.15) is 0 Å². The van der Waals surface area contributed by atoms with Gasteiger partial charge in [-0.15, -0.1) is 0 Å². The normalized spacial score (nSPS) is 11.4. The first-order valence-electron chi connectivity index (χ1n) is 7.27. The van der Waals surface area contributed by atoms with Gasteiger partial charge >= 0.3 is 0 Å². The first-order chi connectivity index (χ1) is 9.16. The fourth-order valence-corrected chi connectivity index (χ4v) is 3.28. The molecule has 0 aromatic heterocycles. The van der Waals surface area contributed by atoms with E-state index in [1.54, 1.807) is 6.08 Å². The van der Waals surface area contributed by atoms with Crippen molar-refractivity contribution in [1.82, 2.24) is 0 Å². The maximum absolute atomic E-state index is 12.2. The van der Waals surface area contributed by atoms with Crippen LogP contribution in [-0.4, -0.2) is 14.6 Å². The van der Waals surface area contributed by atoms with Crippen molar-refractivity contribution < 1.29 is 4.79 Å². The average molecular weight is 273 g/mol. The number of benzene rings is 1. The second-order valence-corrected chi connectivity index (χ2v) is 7.70. The Morgan fingerprint density at radius 2 is 1.89 bits per heavy atom. The van der Waals surface area contributed by atoms with Crippen molar-refractivity contribution in [2.24, 2.45) is 0 Å². The summed E-state index contributed by atoms with van der Waals surface area (Å²) in [5.74, 6) is 0.164. The molecule has 1 aromatic carbocycles. The topological polar surface area (TPSA) is 17.1 Å². The highest BCUT2D eigenvalue weighted by molar-refractivity contribution is 6.72. The molecule has 0 N–H and O–H groups in total. The van der Waals surface area contributed by atoms with Gasteiger partial charge in [-0.25, -0.2) is 0 Å². The summed E-state index contributed by atoms with van der Waals surface area (Å²) in [6.45, 7) is 6.67. The number of hydrogen-bond donors (Lipinski definition) is 0. The molecule has 2 heteroatoms. The molecule has 0 saturated heterocycles. The third kappa shape index (κ3) is 5.56. The molecular formula is C17H25OSi. The molecule has 0 atom stereocenters. The third-order valence-corrected chi connectivity index (χ3v) is 4.74. The largest absolute Gasteiger partial charge is 0.289 e. The highest BCUT2D eigenvalue weighted by atomic mass is 28.3. The Hall–Kier alpha value is -1.15. The molecule has 0 amide bonds. The maximum Gasteiger partial charge on any atom is 0.185 e. The molecule has 0 heterocycles. The molecule has 1 radical (unpaired) electrons. The molecule has 1 nitrogen and oxygen atoms in total. The average Bonchev–Trinajstić information content (AvgIpc) is 2.42. The van der Waals surface area contributed by atoms with Gasteiger partial charge in [-0.1, -0.05) is 74.8 Å². The van der Waals surface area contributed by atoms with E-state index >= 15 is 0 Å². The Labute approximate surface area is 119 Å². The second-order valence-electron chi connectivity index (χ2n) is 5.16. The first-order valence-corrected chi connectivity index (χ1v) is 9.77. The number of hydrogen-bond acceptors (Lipinski definition) is 1. The molecule has 0 saturated carbocycles. The second kappa shape index (κ2) is 8.86. The molecular weight excluding hydrogens is 248 g/mol. The molecule has 0 unspecified atom stereocenters. The Morgan fingerprint density at radius 3 is 2.58 bits per heavy atom. The number of rotatable bonds is 8. The quantitative estimate of drug-likeness (QED) is 0.298. The van der Waals surface area contributed by atoms with Gasteiger partial charge in [0.2, 0.25) is 0 Å². The van der Waals surface area contributed by atoms with Gasteiger partial charge in [0.15, 0.2) is 5.78 Å². The van der Waals surface area contributed by atoms with Crippen LogP contribution in [0.15, 0.2) is 36.4 Å². The number of unbranched alkanes of at least 4 members (excludes halogenated alkanes) is 4. The van der Waals surface area contributed by atoms with Crippen LogP contribution in [-0.2, 0) is 0 Å². The zero-order valence-electron chi connectivity index (χ0n) is 12.4.